The van der Waals surface area contributed by atoms with Crippen molar-refractivity contribution in [3.63, 3.8) is 0 Å². The molecule has 0 unspecified atom stereocenters. The lowest BCUT2D eigenvalue weighted by molar-refractivity contribution is 0.319. The number of hydrogen-bond donors (Lipinski definition) is 1. The van der Waals surface area contributed by atoms with Gasteiger partial charge in [0.2, 0.25) is 0 Å². The molecule has 0 heterocycles. The van der Waals surface area contributed by atoms with Crippen molar-refractivity contribution < 1.29 is 13.5 Å². The first kappa shape index (κ1) is 13.2. The first-order chi connectivity index (χ1) is 7.45. The molecule has 0 radical (unpaired) electrons. The second kappa shape index (κ2) is 5.46. The maximum Gasteiger partial charge on any atom is 0.180 e. The number of aliphatic hydroxyl groups excluding tert-OH is 1. The summed E-state index contributed by atoms with van der Waals surface area (Å²) >= 11 is 0. The Morgan fingerprint density at radius 2 is 1.75 bits per heavy atom. The zero-order valence-electron chi connectivity index (χ0n) is 9.68. The molecular formula is C12H18O3S. The summed E-state index contributed by atoms with van der Waals surface area (Å²) in [7, 11) is -3.31. The minimum absolute atomic E-state index is 0.212. The number of rotatable bonds is 5. The molecule has 1 rings (SSSR count). The molecule has 3 nitrogen and oxygen atoms in total. The molecule has 0 amide bonds. The highest BCUT2D eigenvalue weighted by Crippen LogP contribution is 2.14. The van der Waals surface area contributed by atoms with Gasteiger partial charge in [0.25, 0.3) is 0 Å². The molecule has 0 bridgehead atoms. The summed E-state index contributed by atoms with van der Waals surface area (Å²) < 4.78 is 23.2. The molecule has 0 aliphatic heterocycles. The number of benzene rings is 1. The van der Waals surface area contributed by atoms with E-state index in [2.05, 4.69) is 13.8 Å². The quantitative estimate of drug-likeness (QED) is 0.854. The number of hydrogen-bond acceptors (Lipinski definition) is 3. The van der Waals surface area contributed by atoms with Gasteiger partial charge < -0.3 is 5.11 Å². The van der Waals surface area contributed by atoms with Crippen molar-refractivity contribution in [1.29, 1.82) is 0 Å². The molecule has 0 spiro atoms. The highest BCUT2D eigenvalue weighted by molar-refractivity contribution is 7.91. The van der Waals surface area contributed by atoms with E-state index < -0.39 is 9.84 Å². The van der Waals surface area contributed by atoms with Crippen LogP contribution in [0.1, 0.15) is 19.4 Å². The van der Waals surface area contributed by atoms with Gasteiger partial charge in [0.05, 0.1) is 17.3 Å². The first-order valence-corrected chi connectivity index (χ1v) is 7.03. The smallest absolute Gasteiger partial charge is 0.180 e. The van der Waals surface area contributed by atoms with E-state index in [1.807, 2.05) is 12.1 Å². The Hall–Kier alpha value is -0.870. The van der Waals surface area contributed by atoms with Crippen molar-refractivity contribution in [2.24, 2.45) is 5.92 Å². The van der Waals surface area contributed by atoms with Crippen LogP contribution in [0, 0.1) is 5.92 Å². The molecule has 1 aromatic rings. The molecule has 1 aromatic carbocycles. The van der Waals surface area contributed by atoms with Crippen molar-refractivity contribution in [3.8, 4) is 0 Å². The highest BCUT2D eigenvalue weighted by atomic mass is 32.2. The average Bonchev–Trinajstić information content (AvgIpc) is 2.17. The predicted molar refractivity (Wildman–Crippen MR) is 64.1 cm³/mol. The summed E-state index contributed by atoms with van der Waals surface area (Å²) in [4.78, 5) is 0.286. The van der Waals surface area contributed by atoms with Crippen LogP contribution in [0.2, 0.25) is 0 Å². The molecule has 16 heavy (non-hydrogen) atoms. The lowest BCUT2D eigenvalue weighted by Gasteiger charge is -2.06. The van der Waals surface area contributed by atoms with E-state index in [0.717, 1.165) is 12.0 Å². The van der Waals surface area contributed by atoms with Gasteiger partial charge >= 0.3 is 0 Å². The minimum Gasteiger partial charge on any atom is -0.395 e. The third-order valence-electron chi connectivity index (χ3n) is 2.29. The van der Waals surface area contributed by atoms with E-state index in [0.29, 0.717) is 5.92 Å². The second-order valence-corrected chi connectivity index (χ2v) is 6.39. The second-order valence-electron chi connectivity index (χ2n) is 4.28. The zero-order valence-corrected chi connectivity index (χ0v) is 10.5. The molecule has 4 heteroatoms. The number of sulfone groups is 1. The van der Waals surface area contributed by atoms with Crippen LogP contribution in [0.5, 0.6) is 0 Å². The van der Waals surface area contributed by atoms with Gasteiger partial charge in [-0.2, -0.15) is 0 Å². The summed E-state index contributed by atoms with van der Waals surface area (Å²) in [5.41, 5.74) is 1.14. The van der Waals surface area contributed by atoms with Crippen LogP contribution in [0.3, 0.4) is 0 Å². The standard InChI is InChI=1S/C12H18O3S/c1-10(2)9-11-3-5-12(6-4-11)16(14,15)8-7-13/h3-6,10,13H,7-9H2,1-2H3. The molecule has 1 N–H and O–H groups in total. The van der Waals surface area contributed by atoms with Crippen LogP contribution in [-0.4, -0.2) is 25.9 Å². The van der Waals surface area contributed by atoms with Crippen molar-refractivity contribution in [1.82, 2.24) is 0 Å². The van der Waals surface area contributed by atoms with E-state index in [1.54, 1.807) is 12.1 Å². The SMILES string of the molecule is CC(C)Cc1ccc(S(=O)(=O)CCO)cc1. The molecule has 0 fully saturated rings. The first-order valence-electron chi connectivity index (χ1n) is 5.38. The fourth-order valence-corrected chi connectivity index (χ4v) is 2.57. The Bertz CT molecular complexity index is 418. The molecule has 0 saturated heterocycles. The minimum atomic E-state index is -3.31. The Labute approximate surface area is 97.0 Å². The van der Waals surface area contributed by atoms with Gasteiger partial charge in [0.1, 0.15) is 0 Å². The Kier molecular flexibility index (Phi) is 4.50. The fourth-order valence-electron chi connectivity index (χ4n) is 1.54. The van der Waals surface area contributed by atoms with Crippen LogP contribution in [0.15, 0.2) is 29.2 Å². The molecule has 0 aromatic heterocycles. The van der Waals surface area contributed by atoms with Crippen LogP contribution in [0.25, 0.3) is 0 Å². The Morgan fingerprint density at radius 1 is 1.19 bits per heavy atom. The Morgan fingerprint density at radius 3 is 2.19 bits per heavy atom. The van der Waals surface area contributed by atoms with E-state index in [1.165, 1.54) is 0 Å². The van der Waals surface area contributed by atoms with Gasteiger partial charge in [-0.25, -0.2) is 8.42 Å². The van der Waals surface area contributed by atoms with Crippen LogP contribution < -0.4 is 0 Å². The molecule has 0 aliphatic rings. The summed E-state index contributed by atoms with van der Waals surface area (Å²) in [6.45, 7) is 3.91. The molecule has 0 saturated carbocycles. The van der Waals surface area contributed by atoms with Gasteiger partial charge in [-0.05, 0) is 30.0 Å². The topological polar surface area (TPSA) is 54.4 Å². The van der Waals surface area contributed by atoms with Crippen LogP contribution >= 0.6 is 0 Å². The van der Waals surface area contributed by atoms with E-state index >= 15 is 0 Å². The fraction of sp³-hybridized carbons (Fsp3) is 0.500. The van der Waals surface area contributed by atoms with Gasteiger partial charge in [-0.15, -0.1) is 0 Å². The molecule has 0 aliphatic carbocycles. The lowest BCUT2D eigenvalue weighted by Crippen LogP contribution is -2.10. The molecular weight excluding hydrogens is 224 g/mol. The largest absolute Gasteiger partial charge is 0.395 e. The predicted octanol–water partition coefficient (Wildman–Crippen LogP) is 1.65. The highest BCUT2D eigenvalue weighted by Gasteiger charge is 2.13. The van der Waals surface area contributed by atoms with Gasteiger partial charge in [0, 0.05) is 0 Å². The van der Waals surface area contributed by atoms with Crippen molar-refractivity contribution in [2.75, 3.05) is 12.4 Å². The summed E-state index contributed by atoms with van der Waals surface area (Å²) in [5.74, 6) is 0.344. The normalized spacial score (nSPS) is 12.0. The number of aliphatic hydroxyl groups is 1. The lowest BCUT2D eigenvalue weighted by atomic mass is 10.0. The van der Waals surface area contributed by atoms with Gasteiger partial charge in [-0.3, -0.25) is 0 Å². The van der Waals surface area contributed by atoms with Crippen molar-refractivity contribution >= 4 is 9.84 Å². The van der Waals surface area contributed by atoms with Crippen molar-refractivity contribution in [2.45, 2.75) is 25.2 Å². The zero-order chi connectivity index (χ0) is 12.2. The van der Waals surface area contributed by atoms with E-state index in [4.69, 9.17) is 5.11 Å². The summed E-state index contributed by atoms with van der Waals surface area (Å²) in [6, 6.07) is 6.90. The summed E-state index contributed by atoms with van der Waals surface area (Å²) in [6.07, 6.45) is 0.945. The van der Waals surface area contributed by atoms with E-state index in [-0.39, 0.29) is 17.3 Å². The Balaban J connectivity index is 2.87. The monoisotopic (exact) mass is 242 g/mol. The maximum atomic E-state index is 11.6. The third-order valence-corrected chi connectivity index (χ3v) is 4.00. The van der Waals surface area contributed by atoms with E-state index in [9.17, 15) is 8.42 Å². The van der Waals surface area contributed by atoms with Gasteiger partial charge in [-0.1, -0.05) is 26.0 Å². The molecule has 90 valence electrons. The van der Waals surface area contributed by atoms with Crippen LogP contribution in [0.4, 0.5) is 0 Å². The molecule has 0 atom stereocenters. The van der Waals surface area contributed by atoms with Crippen molar-refractivity contribution in [3.05, 3.63) is 29.8 Å². The van der Waals surface area contributed by atoms with Crippen LogP contribution in [-0.2, 0) is 16.3 Å². The van der Waals surface area contributed by atoms with Gasteiger partial charge in [0.15, 0.2) is 9.84 Å². The average molecular weight is 242 g/mol. The third kappa shape index (κ3) is 3.61. The summed E-state index contributed by atoms with van der Waals surface area (Å²) in [5, 5.41) is 8.66. The maximum absolute atomic E-state index is 11.6.